The van der Waals surface area contributed by atoms with E-state index in [-0.39, 0.29) is 11.8 Å². The highest BCUT2D eigenvalue weighted by molar-refractivity contribution is 5.78. The maximum atomic E-state index is 11.7. The summed E-state index contributed by atoms with van der Waals surface area (Å²) in [5.74, 6) is 0.878. The van der Waals surface area contributed by atoms with E-state index in [2.05, 4.69) is 10.6 Å². The molecule has 100 valence electrons. The van der Waals surface area contributed by atoms with Crippen molar-refractivity contribution in [3.05, 3.63) is 29.8 Å². The van der Waals surface area contributed by atoms with Gasteiger partial charge in [0.2, 0.25) is 5.91 Å². The molecule has 0 aliphatic rings. The van der Waals surface area contributed by atoms with Crippen LogP contribution in [-0.2, 0) is 11.3 Å². The van der Waals surface area contributed by atoms with E-state index >= 15 is 0 Å². The van der Waals surface area contributed by atoms with Gasteiger partial charge in [0.1, 0.15) is 5.75 Å². The van der Waals surface area contributed by atoms with Gasteiger partial charge in [-0.3, -0.25) is 4.79 Å². The summed E-state index contributed by atoms with van der Waals surface area (Å²) in [6.45, 7) is 5.73. The summed E-state index contributed by atoms with van der Waals surface area (Å²) in [5.41, 5.74) is 1.05. The molecule has 1 atom stereocenters. The topological polar surface area (TPSA) is 50.4 Å². The molecule has 0 heterocycles. The Hall–Kier alpha value is -1.55. The van der Waals surface area contributed by atoms with Crippen molar-refractivity contribution in [2.75, 3.05) is 20.2 Å². The summed E-state index contributed by atoms with van der Waals surface area (Å²) in [4.78, 5) is 11.7. The molecular formula is C14H22N2O2. The molecule has 0 bridgehead atoms. The van der Waals surface area contributed by atoms with Crippen molar-refractivity contribution in [2.24, 2.45) is 5.92 Å². The van der Waals surface area contributed by atoms with Crippen molar-refractivity contribution in [1.82, 2.24) is 10.6 Å². The average Bonchev–Trinajstić information content (AvgIpc) is 2.37. The van der Waals surface area contributed by atoms with Gasteiger partial charge in [-0.25, -0.2) is 0 Å². The van der Waals surface area contributed by atoms with E-state index in [0.29, 0.717) is 19.7 Å². The molecule has 0 saturated heterocycles. The second kappa shape index (κ2) is 7.71. The van der Waals surface area contributed by atoms with E-state index in [1.807, 2.05) is 45.2 Å². The van der Waals surface area contributed by atoms with Crippen molar-refractivity contribution in [1.29, 1.82) is 0 Å². The highest BCUT2D eigenvalue weighted by atomic mass is 16.5. The van der Waals surface area contributed by atoms with Crippen LogP contribution in [0.2, 0.25) is 0 Å². The van der Waals surface area contributed by atoms with Gasteiger partial charge in [-0.05, 0) is 31.7 Å². The second-order valence-electron chi connectivity index (χ2n) is 4.26. The van der Waals surface area contributed by atoms with Gasteiger partial charge in [0.05, 0.1) is 6.61 Å². The van der Waals surface area contributed by atoms with Gasteiger partial charge in [0.15, 0.2) is 0 Å². The minimum absolute atomic E-state index is 0.0231. The monoisotopic (exact) mass is 250 g/mol. The van der Waals surface area contributed by atoms with Crippen molar-refractivity contribution in [3.63, 3.8) is 0 Å². The first-order chi connectivity index (χ1) is 8.67. The van der Waals surface area contributed by atoms with Crippen LogP contribution >= 0.6 is 0 Å². The Morgan fingerprint density at radius 1 is 1.44 bits per heavy atom. The summed E-state index contributed by atoms with van der Waals surface area (Å²) in [5, 5.41) is 5.91. The quantitative estimate of drug-likeness (QED) is 0.772. The molecule has 4 heteroatoms. The molecule has 0 aliphatic carbocycles. The van der Waals surface area contributed by atoms with Crippen molar-refractivity contribution >= 4 is 5.91 Å². The lowest BCUT2D eigenvalue weighted by Crippen LogP contribution is -2.33. The number of hydrogen-bond donors (Lipinski definition) is 2. The molecule has 1 aromatic rings. The fourth-order valence-corrected chi connectivity index (χ4v) is 1.67. The zero-order valence-corrected chi connectivity index (χ0v) is 11.3. The van der Waals surface area contributed by atoms with Crippen molar-refractivity contribution in [2.45, 2.75) is 20.4 Å². The third-order valence-electron chi connectivity index (χ3n) is 2.63. The number of nitrogens with one attached hydrogen (secondary N) is 2. The van der Waals surface area contributed by atoms with Crippen LogP contribution in [0.1, 0.15) is 19.4 Å². The normalized spacial score (nSPS) is 11.9. The largest absolute Gasteiger partial charge is 0.494 e. The maximum absolute atomic E-state index is 11.7. The van der Waals surface area contributed by atoms with Crippen LogP contribution in [0, 0.1) is 5.92 Å². The first kappa shape index (κ1) is 14.5. The van der Waals surface area contributed by atoms with Gasteiger partial charge in [0.25, 0.3) is 0 Å². The first-order valence-corrected chi connectivity index (χ1v) is 6.31. The fraction of sp³-hybridized carbons (Fsp3) is 0.500. The standard InChI is InChI=1S/C14H22N2O2/c1-4-18-13-7-5-6-12(8-13)10-16-14(17)11(2)9-15-3/h5-8,11,15H,4,9-10H2,1-3H3,(H,16,17). The molecule has 1 aromatic carbocycles. The van der Waals surface area contributed by atoms with Gasteiger partial charge in [-0.15, -0.1) is 0 Å². The average molecular weight is 250 g/mol. The third-order valence-corrected chi connectivity index (χ3v) is 2.63. The zero-order valence-electron chi connectivity index (χ0n) is 11.3. The van der Waals surface area contributed by atoms with E-state index in [1.165, 1.54) is 0 Å². The number of carbonyl (C=O) groups is 1. The molecule has 1 unspecified atom stereocenters. The first-order valence-electron chi connectivity index (χ1n) is 6.31. The van der Waals surface area contributed by atoms with Crippen molar-refractivity contribution < 1.29 is 9.53 Å². The summed E-state index contributed by atoms with van der Waals surface area (Å²) in [6, 6.07) is 7.78. The molecule has 0 radical (unpaired) electrons. The van der Waals surface area contributed by atoms with Crippen LogP contribution in [0.25, 0.3) is 0 Å². The summed E-state index contributed by atoms with van der Waals surface area (Å²) in [7, 11) is 1.84. The van der Waals surface area contributed by atoms with E-state index in [1.54, 1.807) is 0 Å². The number of carbonyl (C=O) groups excluding carboxylic acids is 1. The zero-order chi connectivity index (χ0) is 13.4. The van der Waals surface area contributed by atoms with Crippen LogP contribution in [0.15, 0.2) is 24.3 Å². The molecule has 2 N–H and O–H groups in total. The van der Waals surface area contributed by atoms with Crippen LogP contribution in [-0.4, -0.2) is 26.1 Å². The SMILES string of the molecule is CCOc1cccc(CNC(=O)C(C)CNC)c1. The Balaban J connectivity index is 2.47. The number of amides is 1. The lowest BCUT2D eigenvalue weighted by atomic mass is 10.1. The van der Waals surface area contributed by atoms with Gasteiger partial charge >= 0.3 is 0 Å². The predicted octanol–water partition coefficient (Wildman–Crippen LogP) is 1.56. The van der Waals surface area contributed by atoms with Gasteiger partial charge in [-0.2, -0.15) is 0 Å². The minimum Gasteiger partial charge on any atom is -0.494 e. The Morgan fingerprint density at radius 2 is 2.22 bits per heavy atom. The van der Waals surface area contributed by atoms with Crippen LogP contribution in [0.5, 0.6) is 5.75 Å². The van der Waals surface area contributed by atoms with Gasteiger partial charge in [-0.1, -0.05) is 19.1 Å². The van der Waals surface area contributed by atoms with Gasteiger partial charge in [0, 0.05) is 19.0 Å². The molecule has 0 aliphatic heterocycles. The summed E-state index contributed by atoms with van der Waals surface area (Å²) >= 11 is 0. The van der Waals surface area contributed by atoms with Crippen molar-refractivity contribution in [3.8, 4) is 5.75 Å². The molecule has 4 nitrogen and oxygen atoms in total. The van der Waals surface area contributed by atoms with E-state index in [9.17, 15) is 4.79 Å². The predicted molar refractivity (Wildman–Crippen MR) is 72.5 cm³/mol. The maximum Gasteiger partial charge on any atom is 0.224 e. The summed E-state index contributed by atoms with van der Waals surface area (Å²) < 4.78 is 5.42. The Morgan fingerprint density at radius 3 is 2.89 bits per heavy atom. The van der Waals surface area contributed by atoms with E-state index in [0.717, 1.165) is 11.3 Å². The van der Waals surface area contributed by atoms with Crippen LogP contribution < -0.4 is 15.4 Å². The van der Waals surface area contributed by atoms with E-state index < -0.39 is 0 Å². The lowest BCUT2D eigenvalue weighted by Gasteiger charge is -2.12. The molecule has 0 spiro atoms. The van der Waals surface area contributed by atoms with E-state index in [4.69, 9.17) is 4.74 Å². The third kappa shape index (κ3) is 4.75. The van der Waals surface area contributed by atoms with Crippen LogP contribution in [0.4, 0.5) is 0 Å². The highest BCUT2D eigenvalue weighted by Crippen LogP contribution is 2.13. The van der Waals surface area contributed by atoms with Gasteiger partial charge < -0.3 is 15.4 Å². The summed E-state index contributed by atoms with van der Waals surface area (Å²) in [6.07, 6.45) is 0. The minimum atomic E-state index is -0.0231. The Bertz CT molecular complexity index is 380. The molecule has 0 aromatic heterocycles. The molecule has 18 heavy (non-hydrogen) atoms. The fourth-order valence-electron chi connectivity index (χ4n) is 1.67. The molecule has 0 fully saturated rings. The lowest BCUT2D eigenvalue weighted by molar-refractivity contribution is -0.124. The molecule has 1 amide bonds. The van der Waals surface area contributed by atoms with Crippen LogP contribution in [0.3, 0.4) is 0 Å². The Kier molecular flexibility index (Phi) is 6.22. The molecule has 1 rings (SSSR count). The Labute approximate surface area is 109 Å². The molecule has 0 saturated carbocycles. The number of benzene rings is 1. The highest BCUT2D eigenvalue weighted by Gasteiger charge is 2.10. The number of ether oxygens (including phenoxy) is 1. The molecular weight excluding hydrogens is 228 g/mol. The smallest absolute Gasteiger partial charge is 0.224 e. The number of rotatable bonds is 7. The second-order valence-corrected chi connectivity index (χ2v) is 4.26. The number of hydrogen-bond acceptors (Lipinski definition) is 3.